The maximum Gasteiger partial charge on any atom is 0.193 e. The van der Waals surface area contributed by atoms with Crippen molar-refractivity contribution in [3.63, 3.8) is 0 Å². The summed E-state index contributed by atoms with van der Waals surface area (Å²) in [6, 6.07) is 5.84. The summed E-state index contributed by atoms with van der Waals surface area (Å²) in [7, 11) is 3.43. The lowest BCUT2D eigenvalue weighted by molar-refractivity contribution is 0.330. The molecule has 5 heteroatoms. The summed E-state index contributed by atoms with van der Waals surface area (Å²) < 4.78 is 10.8. The number of likely N-dealkylation sites (tertiary alicyclic amines) is 1. The van der Waals surface area contributed by atoms with Crippen LogP contribution in [0.5, 0.6) is 11.5 Å². The molecule has 0 unspecified atom stereocenters. The molecule has 1 aromatic rings. The van der Waals surface area contributed by atoms with Crippen LogP contribution in [0, 0.1) is 12.3 Å². The van der Waals surface area contributed by atoms with Gasteiger partial charge in [-0.15, -0.1) is 6.42 Å². The fraction of sp³-hybridized carbons (Fsp3) is 0.471. The van der Waals surface area contributed by atoms with Gasteiger partial charge < -0.3 is 19.7 Å². The second kappa shape index (κ2) is 8.18. The maximum absolute atomic E-state index is 5.52. The molecule has 1 aliphatic heterocycles. The van der Waals surface area contributed by atoms with Gasteiger partial charge in [0.05, 0.1) is 7.11 Å². The Balaban J connectivity index is 2.01. The van der Waals surface area contributed by atoms with Crippen LogP contribution < -0.4 is 14.8 Å². The van der Waals surface area contributed by atoms with E-state index in [0.29, 0.717) is 18.0 Å². The molecule has 1 saturated heterocycles. The van der Waals surface area contributed by atoms with Crippen LogP contribution in [0.1, 0.15) is 18.4 Å². The number of terminal acetylenes is 1. The molecule has 0 bridgehead atoms. The largest absolute Gasteiger partial charge is 0.493 e. The smallest absolute Gasteiger partial charge is 0.193 e. The van der Waals surface area contributed by atoms with E-state index in [0.717, 1.165) is 24.6 Å². The number of hydrogen-bond acceptors (Lipinski definition) is 3. The first-order chi connectivity index (χ1) is 10.8. The monoisotopic (exact) mass is 301 g/mol. The zero-order valence-electron chi connectivity index (χ0n) is 13.3. The number of guanidine groups is 1. The van der Waals surface area contributed by atoms with Crippen molar-refractivity contribution in [3.8, 4) is 23.8 Å². The van der Waals surface area contributed by atoms with E-state index >= 15 is 0 Å². The molecule has 5 nitrogen and oxygen atoms in total. The average molecular weight is 301 g/mol. The average Bonchev–Trinajstić information content (AvgIpc) is 3.08. The van der Waals surface area contributed by atoms with Gasteiger partial charge in [0.2, 0.25) is 0 Å². The first-order valence-electron chi connectivity index (χ1n) is 7.47. The van der Waals surface area contributed by atoms with Gasteiger partial charge in [0.25, 0.3) is 0 Å². The number of nitrogens with zero attached hydrogens (tertiary/aromatic N) is 2. The van der Waals surface area contributed by atoms with E-state index in [1.165, 1.54) is 12.8 Å². The molecule has 1 aromatic carbocycles. The van der Waals surface area contributed by atoms with Crippen LogP contribution in [0.3, 0.4) is 0 Å². The Hall–Kier alpha value is -2.35. The van der Waals surface area contributed by atoms with Gasteiger partial charge in [0.15, 0.2) is 17.5 Å². The predicted molar refractivity (Wildman–Crippen MR) is 88.3 cm³/mol. The summed E-state index contributed by atoms with van der Waals surface area (Å²) in [6.07, 6.45) is 7.70. The molecule has 1 aliphatic rings. The summed E-state index contributed by atoms with van der Waals surface area (Å²) in [5.41, 5.74) is 1.09. The van der Waals surface area contributed by atoms with E-state index in [2.05, 4.69) is 21.1 Å². The molecule has 118 valence electrons. The maximum atomic E-state index is 5.52. The second-order valence-electron chi connectivity index (χ2n) is 5.07. The van der Waals surface area contributed by atoms with E-state index in [4.69, 9.17) is 15.9 Å². The van der Waals surface area contributed by atoms with E-state index in [9.17, 15) is 0 Å². The van der Waals surface area contributed by atoms with Crippen molar-refractivity contribution in [2.24, 2.45) is 4.99 Å². The Morgan fingerprint density at radius 3 is 2.77 bits per heavy atom. The lowest BCUT2D eigenvalue weighted by Gasteiger charge is -2.21. The third-order valence-electron chi connectivity index (χ3n) is 3.61. The summed E-state index contributed by atoms with van der Waals surface area (Å²) in [4.78, 5) is 6.62. The minimum atomic E-state index is 0.225. The number of aliphatic imine (C=N–C) groups is 1. The molecule has 0 saturated carbocycles. The summed E-state index contributed by atoms with van der Waals surface area (Å²) in [5, 5.41) is 3.39. The number of methoxy groups -OCH3 is 1. The normalized spacial score (nSPS) is 14.6. The summed E-state index contributed by atoms with van der Waals surface area (Å²) in [6.45, 7) is 3.04. The van der Waals surface area contributed by atoms with Gasteiger partial charge in [0, 0.05) is 26.7 Å². The quantitative estimate of drug-likeness (QED) is 0.512. The van der Waals surface area contributed by atoms with Gasteiger partial charge in [-0.3, -0.25) is 4.99 Å². The minimum Gasteiger partial charge on any atom is -0.493 e. The molecule has 0 aliphatic carbocycles. The van der Waals surface area contributed by atoms with Crippen LogP contribution in [0.15, 0.2) is 23.2 Å². The van der Waals surface area contributed by atoms with Crippen LogP contribution in [-0.2, 0) is 6.54 Å². The number of nitrogens with one attached hydrogen (secondary N) is 1. The molecule has 0 spiro atoms. The number of benzene rings is 1. The highest BCUT2D eigenvalue weighted by Crippen LogP contribution is 2.28. The lowest BCUT2D eigenvalue weighted by atomic mass is 10.2. The van der Waals surface area contributed by atoms with Crippen LogP contribution >= 0.6 is 0 Å². The third-order valence-corrected chi connectivity index (χ3v) is 3.61. The van der Waals surface area contributed by atoms with Crippen molar-refractivity contribution < 1.29 is 9.47 Å². The number of ether oxygens (including phenoxy) is 2. The van der Waals surface area contributed by atoms with E-state index in [1.54, 1.807) is 7.11 Å². The molecular formula is C17H23N3O2. The zero-order chi connectivity index (χ0) is 15.8. The van der Waals surface area contributed by atoms with Crippen molar-refractivity contribution in [1.29, 1.82) is 0 Å². The van der Waals surface area contributed by atoms with Gasteiger partial charge in [-0.1, -0.05) is 12.0 Å². The molecule has 22 heavy (non-hydrogen) atoms. The lowest BCUT2D eigenvalue weighted by Crippen LogP contribution is -2.39. The minimum absolute atomic E-state index is 0.225. The Kier molecular flexibility index (Phi) is 5.96. The molecular weight excluding hydrogens is 278 g/mol. The standard InChI is InChI=1S/C17H23N3O2/c1-4-11-22-16-12-14(7-8-15(16)21-3)13-19-17(18-2)20-9-5-6-10-20/h1,7-8,12H,5-6,9-11,13H2,2-3H3,(H,18,19). The van der Waals surface area contributed by atoms with E-state index < -0.39 is 0 Å². The highest BCUT2D eigenvalue weighted by Gasteiger charge is 2.15. The SMILES string of the molecule is C#CCOc1cc(CNC(=NC)N2CCCC2)ccc1OC. The summed E-state index contributed by atoms with van der Waals surface area (Å²) >= 11 is 0. The van der Waals surface area contributed by atoms with E-state index in [1.807, 2.05) is 25.2 Å². The Morgan fingerprint density at radius 1 is 1.36 bits per heavy atom. The van der Waals surface area contributed by atoms with Crippen LogP contribution in [0.4, 0.5) is 0 Å². The van der Waals surface area contributed by atoms with Gasteiger partial charge in [0.1, 0.15) is 6.61 Å². The van der Waals surface area contributed by atoms with Crippen LogP contribution in [-0.4, -0.2) is 44.7 Å². The van der Waals surface area contributed by atoms with Crippen molar-refractivity contribution in [3.05, 3.63) is 23.8 Å². The van der Waals surface area contributed by atoms with E-state index in [-0.39, 0.29) is 6.61 Å². The number of hydrogen-bond donors (Lipinski definition) is 1. The first kappa shape index (κ1) is 16.0. The zero-order valence-corrected chi connectivity index (χ0v) is 13.3. The van der Waals surface area contributed by atoms with Gasteiger partial charge in [-0.25, -0.2) is 0 Å². The Bertz CT molecular complexity index is 558. The van der Waals surface area contributed by atoms with Gasteiger partial charge in [-0.2, -0.15) is 0 Å². The molecule has 2 rings (SSSR count). The first-order valence-corrected chi connectivity index (χ1v) is 7.47. The topological polar surface area (TPSA) is 46.1 Å². The highest BCUT2D eigenvalue weighted by atomic mass is 16.5. The van der Waals surface area contributed by atoms with Crippen molar-refractivity contribution in [1.82, 2.24) is 10.2 Å². The summed E-state index contributed by atoms with van der Waals surface area (Å²) in [5.74, 6) is 4.75. The molecule has 0 radical (unpaired) electrons. The molecule has 0 atom stereocenters. The number of rotatable bonds is 5. The molecule has 0 aromatic heterocycles. The Morgan fingerprint density at radius 2 is 2.14 bits per heavy atom. The highest BCUT2D eigenvalue weighted by molar-refractivity contribution is 5.80. The van der Waals surface area contributed by atoms with Crippen molar-refractivity contribution in [2.45, 2.75) is 19.4 Å². The fourth-order valence-electron chi connectivity index (χ4n) is 2.51. The molecule has 0 amide bonds. The molecule has 1 fully saturated rings. The second-order valence-corrected chi connectivity index (χ2v) is 5.07. The van der Waals surface area contributed by atoms with Gasteiger partial charge >= 0.3 is 0 Å². The van der Waals surface area contributed by atoms with Crippen molar-refractivity contribution in [2.75, 3.05) is 33.9 Å². The Labute approximate surface area is 132 Å². The molecule has 1 N–H and O–H groups in total. The third kappa shape index (κ3) is 4.08. The van der Waals surface area contributed by atoms with Crippen LogP contribution in [0.25, 0.3) is 0 Å². The predicted octanol–water partition coefficient (Wildman–Crippen LogP) is 1.88. The molecule has 1 heterocycles. The van der Waals surface area contributed by atoms with Crippen molar-refractivity contribution >= 4 is 5.96 Å². The fourth-order valence-corrected chi connectivity index (χ4v) is 2.51. The van der Waals surface area contributed by atoms with Gasteiger partial charge in [-0.05, 0) is 30.5 Å². The van der Waals surface area contributed by atoms with Crippen LogP contribution in [0.2, 0.25) is 0 Å².